The van der Waals surface area contributed by atoms with Gasteiger partial charge in [0.05, 0.1) is 0 Å². The standard InChI is InChI=1S/C14H19N3S/c1-3-18-11-12(2)17-10-9-15-14(17)16-13-7-5-4-6-8-13/h4-10,12H,3,11H2,1-2H3,(H,15,16). The maximum absolute atomic E-state index is 4.38. The van der Waals surface area contributed by atoms with Crippen molar-refractivity contribution in [1.29, 1.82) is 0 Å². The Labute approximate surface area is 113 Å². The van der Waals surface area contributed by atoms with Crippen molar-refractivity contribution in [3.8, 4) is 0 Å². The van der Waals surface area contributed by atoms with Gasteiger partial charge in [-0.05, 0) is 24.8 Å². The van der Waals surface area contributed by atoms with Crippen molar-refractivity contribution in [1.82, 2.24) is 9.55 Å². The van der Waals surface area contributed by atoms with Gasteiger partial charge in [-0.1, -0.05) is 25.1 Å². The van der Waals surface area contributed by atoms with E-state index >= 15 is 0 Å². The van der Waals surface area contributed by atoms with Gasteiger partial charge in [-0.2, -0.15) is 11.8 Å². The van der Waals surface area contributed by atoms with Crippen LogP contribution >= 0.6 is 11.8 Å². The van der Waals surface area contributed by atoms with E-state index in [1.54, 1.807) is 0 Å². The molecule has 96 valence electrons. The molecular formula is C14H19N3S. The minimum Gasteiger partial charge on any atom is -0.326 e. The van der Waals surface area contributed by atoms with Crippen LogP contribution in [0, 0.1) is 0 Å². The molecule has 1 aromatic heterocycles. The van der Waals surface area contributed by atoms with Crippen molar-refractivity contribution in [2.45, 2.75) is 19.9 Å². The molecule has 1 aromatic carbocycles. The first-order valence-corrected chi connectivity index (χ1v) is 7.39. The molecule has 0 bridgehead atoms. The van der Waals surface area contributed by atoms with E-state index in [1.165, 1.54) is 0 Å². The molecule has 3 nitrogen and oxygen atoms in total. The van der Waals surface area contributed by atoms with E-state index in [1.807, 2.05) is 54.5 Å². The van der Waals surface area contributed by atoms with Crippen molar-refractivity contribution in [2.75, 3.05) is 16.8 Å². The van der Waals surface area contributed by atoms with Gasteiger partial charge in [0, 0.05) is 29.9 Å². The smallest absolute Gasteiger partial charge is 0.207 e. The Kier molecular flexibility index (Phi) is 4.70. The van der Waals surface area contributed by atoms with Crippen molar-refractivity contribution in [3.05, 3.63) is 42.7 Å². The molecule has 0 fully saturated rings. The molecule has 2 rings (SSSR count). The Hall–Kier alpha value is -1.42. The molecule has 0 amide bonds. The first kappa shape index (κ1) is 13.0. The minimum atomic E-state index is 0.448. The predicted octanol–water partition coefficient (Wildman–Crippen LogP) is 3.94. The predicted molar refractivity (Wildman–Crippen MR) is 79.7 cm³/mol. The van der Waals surface area contributed by atoms with Gasteiger partial charge in [0.2, 0.25) is 5.95 Å². The highest BCUT2D eigenvalue weighted by atomic mass is 32.2. The van der Waals surface area contributed by atoms with E-state index in [9.17, 15) is 0 Å². The van der Waals surface area contributed by atoms with Crippen molar-refractivity contribution in [3.63, 3.8) is 0 Å². The molecule has 1 N–H and O–H groups in total. The molecule has 0 radical (unpaired) electrons. The lowest BCUT2D eigenvalue weighted by molar-refractivity contribution is 0.617. The third kappa shape index (κ3) is 3.29. The van der Waals surface area contributed by atoms with E-state index in [0.717, 1.165) is 23.1 Å². The second-order valence-corrected chi connectivity index (χ2v) is 5.48. The van der Waals surface area contributed by atoms with Gasteiger partial charge in [-0.3, -0.25) is 0 Å². The second-order valence-electron chi connectivity index (χ2n) is 4.16. The molecule has 0 saturated carbocycles. The molecular weight excluding hydrogens is 242 g/mol. The molecule has 1 atom stereocenters. The van der Waals surface area contributed by atoms with Crippen molar-refractivity contribution >= 4 is 23.4 Å². The molecule has 0 aliphatic rings. The Morgan fingerprint density at radius 3 is 2.83 bits per heavy atom. The zero-order valence-electron chi connectivity index (χ0n) is 10.8. The SMILES string of the molecule is CCSCC(C)n1ccnc1Nc1ccccc1. The van der Waals surface area contributed by atoms with Crippen LogP contribution in [-0.4, -0.2) is 21.1 Å². The van der Waals surface area contributed by atoms with E-state index in [4.69, 9.17) is 0 Å². The first-order chi connectivity index (χ1) is 8.81. The lowest BCUT2D eigenvalue weighted by Crippen LogP contribution is -2.10. The molecule has 0 aliphatic heterocycles. The molecule has 18 heavy (non-hydrogen) atoms. The Morgan fingerprint density at radius 2 is 2.11 bits per heavy atom. The number of imidazole rings is 1. The fraction of sp³-hybridized carbons (Fsp3) is 0.357. The zero-order valence-corrected chi connectivity index (χ0v) is 11.7. The summed E-state index contributed by atoms with van der Waals surface area (Å²) in [5.41, 5.74) is 1.07. The fourth-order valence-electron chi connectivity index (χ4n) is 1.78. The summed E-state index contributed by atoms with van der Waals surface area (Å²) in [5, 5.41) is 3.35. The van der Waals surface area contributed by atoms with Gasteiger partial charge in [-0.15, -0.1) is 0 Å². The molecule has 1 unspecified atom stereocenters. The number of para-hydroxylation sites is 1. The molecule has 2 aromatic rings. The highest BCUT2D eigenvalue weighted by molar-refractivity contribution is 7.99. The topological polar surface area (TPSA) is 29.9 Å². The number of hydrogen-bond acceptors (Lipinski definition) is 3. The average Bonchev–Trinajstić information content (AvgIpc) is 2.85. The summed E-state index contributed by atoms with van der Waals surface area (Å²) < 4.78 is 2.19. The fourth-order valence-corrected chi connectivity index (χ4v) is 2.52. The number of hydrogen-bond donors (Lipinski definition) is 1. The van der Waals surface area contributed by atoms with Gasteiger partial charge >= 0.3 is 0 Å². The van der Waals surface area contributed by atoms with Crippen LogP contribution in [0.3, 0.4) is 0 Å². The van der Waals surface area contributed by atoms with Crippen LogP contribution in [0.5, 0.6) is 0 Å². The van der Waals surface area contributed by atoms with Crippen molar-refractivity contribution in [2.24, 2.45) is 0 Å². The van der Waals surface area contributed by atoms with Crippen LogP contribution in [-0.2, 0) is 0 Å². The van der Waals surface area contributed by atoms with Gasteiger partial charge in [-0.25, -0.2) is 4.98 Å². The average molecular weight is 261 g/mol. The molecule has 0 saturated heterocycles. The maximum Gasteiger partial charge on any atom is 0.207 e. The van der Waals surface area contributed by atoms with Gasteiger partial charge in [0.25, 0.3) is 0 Å². The maximum atomic E-state index is 4.38. The minimum absolute atomic E-state index is 0.448. The lowest BCUT2D eigenvalue weighted by Gasteiger charge is -2.16. The van der Waals surface area contributed by atoms with Crippen LogP contribution in [0.2, 0.25) is 0 Å². The Balaban J connectivity index is 2.08. The summed E-state index contributed by atoms with van der Waals surface area (Å²) in [5.74, 6) is 3.17. The monoisotopic (exact) mass is 261 g/mol. The van der Waals surface area contributed by atoms with Crippen LogP contribution in [0.25, 0.3) is 0 Å². The van der Waals surface area contributed by atoms with Gasteiger partial charge in [0.15, 0.2) is 0 Å². The number of anilines is 2. The summed E-state index contributed by atoms with van der Waals surface area (Å²) in [6, 6.07) is 10.6. The van der Waals surface area contributed by atoms with E-state index in [2.05, 4.69) is 28.7 Å². The number of nitrogens with one attached hydrogen (secondary N) is 1. The largest absolute Gasteiger partial charge is 0.326 e. The highest BCUT2D eigenvalue weighted by Crippen LogP contribution is 2.21. The van der Waals surface area contributed by atoms with Crippen LogP contribution in [0.1, 0.15) is 19.9 Å². The number of aromatic nitrogens is 2. The third-order valence-corrected chi connectivity index (χ3v) is 3.86. The summed E-state index contributed by atoms with van der Waals surface area (Å²) in [7, 11) is 0. The Morgan fingerprint density at radius 1 is 1.33 bits per heavy atom. The number of rotatable bonds is 6. The lowest BCUT2D eigenvalue weighted by atomic mass is 10.3. The third-order valence-electron chi connectivity index (χ3n) is 2.74. The normalized spacial score (nSPS) is 12.3. The zero-order chi connectivity index (χ0) is 12.8. The number of thioether (sulfide) groups is 1. The van der Waals surface area contributed by atoms with Crippen molar-refractivity contribution < 1.29 is 0 Å². The molecule has 0 spiro atoms. The van der Waals surface area contributed by atoms with Gasteiger partial charge < -0.3 is 9.88 Å². The summed E-state index contributed by atoms with van der Waals surface area (Å²) in [4.78, 5) is 4.38. The summed E-state index contributed by atoms with van der Waals surface area (Å²) in [6.07, 6.45) is 3.88. The summed E-state index contributed by atoms with van der Waals surface area (Å²) >= 11 is 1.95. The molecule has 0 aliphatic carbocycles. The first-order valence-electron chi connectivity index (χ1n) is 6.24. The molecule has 1 heterocycles. The molecule has 4 heteroatoms. The van der Waals surface area contributed by atoms with E-state index < -0.39 is 0 Å². The Bertz CT molecular complexity index is 467. The number of nitrogens with zero attached hydrogens (tertiary/aromatic N) is 2. The quantitative estimate of drug-likeness (QED) is 0.854. The van der Waals surface area contributed by atoms with Crippen LogP contribution in [0.15, 0.2) is 42.7 Å². The van der Waals surface area contributed by atoms with Crippen LogP contribution in [0.4, 0.5) is 11.6 Å². The van der Waals surface area contributed by atoms with Gasteiger partial charge in [0.1, 0.15) is 0 Å². The summed E-state index contributed by atoms with van der Waals surface area (Å²) in [6.45, 7) is 4.41. The second kappa shape index (κ2) is 6.50. The van der Waals surface area contributed by atoms with E-state index in [-0.39, 0.29) is 0 Å². The highest BCUT2D eigenvalue weighted by Gasteiger charge is 2.09. The van der Waals surface area contributed by atoms with E-state index in [0.29, 0.717) is 6.04 Å². The number of benzene rings is 1. The van der Waals surface area contributed by atoms with Crippen LogP contribution < -0.4 is 5.32 Å².